The van der Waals surface area contributed by atoms with Gasteiger partial charge in [-0.15, -0.1) is 11.3 Å². The predicted molar refractivity (Wildman–Crippen MR) is 100 cm³/mol. The molecule has 0 spiro atoms. The molecule has 2 amide bonds. The Morgan fingerprint density at radius 1 is 1.10 bits per heavy atom. The molecular formula is C19H17F3N2O5S. The van der Waals surface area contributed by atoms with Crippen LogP contribution in [0.2, 0.25) is 0 Å². The van der Waals surface area contributed by atoms with Gasteiger partial charge in [-0.3, -0.25) is 10.1 Å². The van der Waals surface area contributed by atoms with Crippen molar-refractivity contribution < 1.29 is 37.0 Å². The van der Waals surface area contributed by atoms with E-state index < -0.39 is 42.2 Å². The number of benzene rings is 1. The van der Waals surface area contributed by atoms with Crippen LogP contribution in [-0.2, 0) is 20.4 Å². The zero-order valence-electron chi connectivity index (χ0n) is 15.3. The van der Waals surface area contributed by atoms with Crippen LogP contribution >= 0.6 is 11.3 Å². The van der Waals surface area contributed by atoms with Gasteiger partial charge in [0.25, 0.3) is 5.91 Å². The Labute approximate surface area is 173 Å². The zero-order valence-corrected chi connectivity index (χ0v) is 16.2. The highest BCUT2D eigenvalue weighted by Crippen LogP contribution is 2.32. The SMILES string of the molecule is O=C(Nc1cccc(C(F)(F)F)c1)OC1COC2C(NC(=O)c3cccs3)COC12. The number of hydrogen-bond donors (Lipinski definition) is 2. The maximum Gasteiger partial charge on any atom is 0.416 e. The average molecular weight is 442 g/mol. The van der Waals surface area contributed by atoms with Crippen molar-refractivity contribution in [2.75, 3.05) is 18.5 Å². The molecule has 4 atom stereocenters. The zero-order chi connectivity index (χ0) is 21.3. The highest BCUT2D eigenvalue weighted by molar-refractivity contribution is 7.12. The Hall–Kier alpha value is -2.63. The number of fused-ring (bicyclic) bond motifs is 1. The van der Waals surface area contributed by atoms with Crippen LogP contribution in [-0.4, -0.2) is 49.6 Å². The largest absolute Gasteiger partial charge is 0.441 e. The van der Waals surface area contributed by atoms with E-state index in [9.17, 15) is 22.8 Å². The van der Waals surface area contributed by atoms with Crippen molar-refractivity contribution in [1.82, 2.24) is 5.32 Å². The number of thiophene rings is 1. The van der Waals surface area contributed by atoms with E-state index in [1.165, 1.54) is 23.5 Å². The molecule has 3 heterocycles. The molecule has 4 rings (SSSR count). The summed E-state index contributed by atoms with van der Waals surface area (Å²) in [5.74, 6) is -0.241. The van der Waals surface area contributed by atoms with E-state index in [0.29, 0.717) is 4.88 Å². The fraction of sp³-hybridized carbons (Fsp3) is 0.368. The number of carbonyl (C=O) groups excluding carboxylic acids is 2. The second-order valence-electron chi connectivity index (χ2n) is 6.80. The summed E-state index contributed by atoms with van der Waals surface area (Å²) in [7, 11) is 0. The van der Waals surface area contributed by atoms with Gasteiger partial charge in [0.05, 0.1) is 29.7 Å². The van der Waals surface area contributed by atoms with Gasteiger partial charge in [0.15, 0.2) is 6.10 Å². The molecule has 2 saturated heterocycles. The number of rotatable bonds is 4. The van der Waals surface area contributed by atoms with Crippen LogP contribution < -0.4 is 10.6 Å². The first kappa shape index (κ1) is 20.6. The molecule has 2 aliphatic heterocycles. The molecule has 4 unspecified atom stereocenters. The number of amides is 2. The van der Waals surface area contributed by atoms with Crippen molar-refractivity contribution in [1.29, 1.82) is 0 Å². The first-order valence-corrected chi connectivity index (χ1v) is 9.92. The van der Waals surface area contributed by atoms with Crippen molar-refractivity contribution in [3.63, 3.8) is 0 Å². The lowest BCUT2D eigenvalue weighted by molar-refractivity contribution is -0.137. The number of carbonyl (C=O) groups is 2. The predicted octanol–water partition coefficient (Wildman–Crippen LogP) is 3.28. The normalized spacial score (nSPS) is 25.6. The van der Waals surface area contributed by atoms with E-state index in [4.69, 9.17) is 14.2 Å². The highest BCUT2D eigenvalue weighted by Gasteiger charge is 2.50. The average Bonchev–Trinajstić information content (AvgIpc) is 3.42. The molecule has 1 aromatic carbocycles. The third-order valence-corrected chi connectivity index (χ3v) is 5.63. The van der Waals surface area contributed by atoms with Crippen molar-refractivity contribution >= 4 is 29.0 Å². The monoisotopic (exact) mass is 442 g/mol. The smallest absolute Gasteiger partial charge is 0.416 e. The Balaban J connectivity index is 1.32. The molecule has 30 heavy (non-hydrogen) atoms. The molecule has 11 heteroatoms. The minimum Gasteiger partial charge on any atom is -0.441 e. The third-order valence-electron chi connectivity index (χ3n) is 4.76. The van der Waals surface area contributed by atoms with Crippen LogP contribution in [0.15, 0.2) is 41.8 Å². The topological polar surface area (TPSA) is 85.9 Å². The molecule has 0 bridgehead atoms. The van der Waals surface area contributed by atoms with Crippen molar-refractivity contribution in [2.24, 2.45) is 0 Å². The molecule has 7 nitrogen and oxygen atoms in total. The van der Waals surface area contributed by atoms with E-state index in [1.54, 1.807) is 17.5 Å². The number of ether oxygens (including phenoxy) is 3. The quantitative estimate of drug-likeness (QED) is 0.759. The van der Waals surface area contributed by atoms with Crippen molar-refractivity contribution in [3.05, 3.63) is 52.2 Å². The first-order valence-electron chi connectivity index (χ1n) is 9.04. The van der Waals surface area contributed by atoms with E-state index in [-0.39, 0.29) is 24.8 Å². The number of halogens is 3. The minimum absolute atomic E-state index is 0.0429. The van der Waals surface area contributed by atoms with Gasteiger partial charge < -0.3 is 19.5 Å². The second-order valence-corrected chi connectivity index (χ2v) is 7.75. The maximum atomic E-state index is 12.8. The lowest BCUT2D eigenvalue weighted by Crippen LogP contribution is -2.44. The summed E-state index contributed by atoms with van der Waals surface area (Å²) < 4.78 is 55.0. The van der Waals surface area contributed by atoms with Crippen molar-refractivity contribution in [2.45, 2.75) is 30.5 Å². The van der Waals surface area contributed by atoms with Crippen molar-refractivity contribution in [3.8, 4) is 0 Å². The number of hydrogen-bond acceptors (Lipinski definition) is 6. The van der Waals surface area contributed by atoms with E-state index in [0.717, 1.165) is 12.1 Å². The Kier molecular flexibility index (Phi) is 5.67. The molecule has 2 aromatic rings. The van der Waals surface area contributed by atoms with Gasteiger partial charge >= 0.3 is 12.3 Å². The number of nitrogens with one attached hydrogen (secondary N) is 2. The van der Waals surface area contributed by atoms with Crippen LogP contribution in [0.4, 0.5) is 23.7 Å². The van der Waals surface area contributed by atoms with Gasteiger partial charge in [-0.25, -0.2) is 4.79 Å². The van der Waals surface area contributed by atoms with Crippen LogP contribution in [0.5, 0.6) is 0 Å². The summed E-state index contributed by atoms with van der Waals surface area (Å²) in [5, 5.41) is 6.92. The Morgan fingerprint density at radius 3 is 2.63 bits per heavy atom. The molecule has 160 valence electrons. The summed E-state index contributed by atoms with van der Waals surface area (Å²) in [6.45, 7) is 0.248. The van der Waals surface area contributed by atoms with Crippen LogP contribution in [0.1, 0.15) is 15.2 Å². The van der Waals surface area contributed by atoms with Gasteiger partial charge in [-0.05, 0) is 29.6 Å². The van der Waals surface area contributed by atoms with Crippen LogP contribution in [0.3, 0.4) is 0 Å². The third kappa shape index (κ3) is 4.42. The molecule has 2 fully saturated rings. The molecule has 2 N–H and O–H groups in total. The van der Waals surface area contributed by atoms with Gasteiger partial charge in [-0.2, -0.15) is 13.2 Å². The standard InChI is InChI=1S/C19H17F3N2O5S/c20-19(21,22)10-3-1-4-11(7-10)23-18(26)29-13-9-28-15-12(8-27-16(13)15)24-17(25)14-5-2-6-30-14/h1-7,12-13,15-16H,8-9H2,(H,23,26)(H,24,25). The molecule has 1 aromatic heterocycles. The summed E-state index contributed by atoms with van der Waals surface area (Å²) >= 11 is 1.31. The van der Waals surface area contributed by atoms with E-state index in [2.05, 4.69) is 10.6 Å². The van der Waals surface area contributed by atoms with Crippen LogP contribution in [0, 0.1) is 0 Å². The molecule has 0 saturated carbocycles. The van der Waals surface area contributed by atoms with Gasteiger partial charge in [0, 0.05) is 5.69 Å². The van der Waals surface area contributed by atoms with Gasteiger partial charge in [-0.1, -0.05) is 12.1 Å². The summed E-state index contributed by atoms with van der Waals surface area (Å²) in [5.41, 5.74) is -0.924. The lowest BCUT2D eigenvalue weighted by Gasteiger charge is -2.18. The van der Waals surface area contributed by atoms with Crippen LogP contribution in [0.25, 0.3) is 0 Å². The lowest BCUT2D eigenvalue weighted by atomic mass is 10.1. The first-order chi connectivity index (χ1) is 14.3. The number of alkyl halides is 3. The number of anilines is 1. The Morgan fingerprint density at radius 2 is 1.90 bits per heavy atom. The summed E-state index contributed by atoms with van der Waals surface area (Å²) in [6.07, 6.45) is -7.25. The Bertz CT molecular complexity index is 921. The molecular weight excluding hydrogens is 425 g/mol. The van der Waals surface area contributed by atoms with E-state index >= 15 is 0 Å². The van der Waals surface area contributed by atoms with Gasteiger partial charge in [0.2, 0.25) is 0 Å². The van der Waals surface area contributed by atoms with E-state index in [1.807, 2.05) is 0 Å². The fourth-order valence-corrected chi connectivity index (χ4v) is 4.02. The molecule has 2 aliphatic rings. The van der Waals surface area contributed by atoms with Gasteiger partial charge in [0.1, 0.15) is 12.2 Å². The molecule has 0 aliphatic carbocycles. The second kappa shape index (κ2) is 8.25. The fourth-order valence-electron chi connectivity index (χ4n) is 3.39. The summed E-state index contributed by atoms with van der Waals surface area (Å²) in [6, 6.07) is 7.31. The highest BCUT2D eigenvalue weighted by atomic mass is 32.1. The summed E-state index contributed by atoms with van der Waals surface area (Å²) in [4.78, 5) is 24.9. The minimum atomic E-state index is -4.52. The maximum absolute atomic E-state index is 12.8. The molecule has 0 radical (unpaired) electrons.